The average molecular weight is 679 g/mol. The fourth-order valence-corrected chi connectivity index (χ4v) is 5.65. The number of oxazole rings is 1. The second-order valence-electron chi connectivity index (χ2n) is 11.4. The Morgan fingerprint density at radius 3 is 1.98 bits per heavy atom. The molecule has 0 atom stereocenters. The van der Waals surface area contributed by atoms with Crippen molar-refractivity contribution in [2.24, 2.45) is 5.73 Å². The maximum atomic E-state index is 13.3. The fraction of sp³-hybridized carbons (Fsp3) is 0.235. The molecule has 0 spiro atoms. The minimum absolute atomic E-state index is 0.0582. The molecule has 0 unspecified atom stereocenters. The van der Waals surface area contributed by atoms with Gasteiger partial charge in [0.25, 0.3) is 11.8 Å². The van der Waals surface area contributed by atoms with Crippen molar-refractivity contribution in [3.8, 4) is 0 Å². The van der Waals surface area contributed by atoms with Gasteiger partial charge < -0.3 is 24.4 Å². The minimum Gasteiger partial charge on any atom is -0.478 e. The molecule has 0 bridgehead atoms. The highest BCUT2D eigenvalue weighted by atomic mass is 16.4. The van der Waals surface area contributed by atoms with Gasteiger partial charge in [-0.3, -0.25) is 29.7 Å². The van der Waals surface area contributed by atoms with Gasteiger partial charge in [0.05, 0.1) is 39.0 Å². The molecule has 0 aliphatic heterocycles. The summed E-state index contributed by atoms with van der Waals surface area (Å²) in [7, 11) is 0. The van der Waals surface area contributed by atoms with Crippen molar-refractivity contribution in [3.05, 3.63) is 94.5 Å². The van der Waals surface area contributed by atoms with Crippen LogP contribution in [0.4, 0.5) is 11.9 Å². The summed E-state index contributed by atoms with van der Waals surface area (Å²) in [6.45, 7) is 8.17. The molecule has 4 heterocycles. The molecule has 6 rings (SSSR count). The van der Waals surface area contributed by atoms with Gasteiger partial charge in [-0.25, -0.2) is 19.7 Å². The van der Waals surface area contributed by atoms with Gasteiger partial charge in [-0.05, 0) is 62.7 Å². The lowest BCUT2D eigenvalue weighted by Crippen LogP contribution is -2.19. The molecule has 16 nitrogen and oxygen atoms in total. The van der Waals surface area contributed by atoms with Gasteiger partial charge in [0.1, 0.15) is 5.69 Å². The first-order valence-corrected chi connectivity index (χ1v) is 15.8. The first kappa shape index (κ1) is 33.3. The van der Waals surface area contributed by atoms with Crippen LogP contribution in [0.2, 0.25) is 0 Å². The van der Waals surface area contributed by atoms with Crippen LogP contribution in [0, 0.1) is 13.8 Å². The lowest BCUT2D eigenvalue weighted by Gasteiger charge is -2.10. The number of allylic oxidation sites excluding steroid dienone is 2. The van der Waals surface area contributed by atoms with Crippen molar-refractivity contribution in [3.63, 3.8) is 0 Å². The van der Waals surface area contributed by atoms with Crippen LogP contribution in [0.25, 0.3) is 22.1 Å². The molecule has 0 aliphatic carbocycles. The molecule has 0 radical (unpaired) electrons. The maximum absolute atomic E-state index is 13.3. The number of carbonyl (C=O) groups excluding carboxylic acids is 3. The number of anilines is 2. The highest BCUT2D eigenvalue weighted by Crippen LogP contribution is 2.25. The summed E-state index contributed by atoms with van der Waals surface area (Å²) in [5.41, 5.74) is 9.44. The van der Waals surface area contributed by atoms with Crippen molar-refractivity contribution in [1.82, 2.24) is 33.9 Å². The number of aromatic nitrogens is 7. The third-order valence-corrected chi connectivity index (χ3v) is 8.00. The number of nitrogens with one attached hydrogen (secondary N) is 2. The van der Waals surface area contributed by atoms with Crippen molar-refractivity contribution in [2.75, 3.05) is 10.6 Å². The summed E-state index contributed by atoms with van der Waals surface area (Å²) in [4.78, 5) is 63.6. The second kappa shape index (κ2) is 13.5. The van der Waals surface area contributed by atoms with E-state index in [0.29, 0.717) is 58.0 Å². The van der Waals surface area contributed by atoms with Crippen LogP contribution >= 0.6 is 0 Å². The summed E-state index contributed by atoms with van der Waals surface area (Å²) in [6.07, 6.45) is 4.17. The quantitative estimate of drug-likeness (QED) is 0.134. The molecule has 3 amide bonds. The van der Waals surface area contributed by atoms with E-state index in [4.69, 9.17) is 10.2 Å². The number of imidazole rings is 2. The van der Waals surface area contributed by atoms with E-state index in [1.165, 1.54) is 12.1 Å². The number of carboxylic acids is 1. The zero-order chi connectivity index (χ0) is 35.7. The van der Waals surface area contributed by atoms with Crippen LogP contribution in [0.15, 0.2) is 59.0 Å². The van der Waals surface area contributed by atoms with Crippen LogP contribution in [0.5, 0.6) is 0 Å². The summed E-state index contributed by atoms with van der Waals surface area (Å²) in [5, 5.41) is 19.6. The highest BCUT2D eigenvalue weighted by molar-refractivity contribution is 6.04. The van der Waals surface area contributed by atoms with E-state index in [2.05, 4.69) is 30.7 Å². The van der Waals surface area contributed by atoms with Crippen molar-refractivity contribution >= 4 is 57.7 Å². The monoisotopic (exact) mass is 678 g/mol. The third-order valence-electron chi connectivity index (χ3n) is 8.00. The molecule has 4 aromatic heterocycles. The third kappa shape index (κ3) is 6.45. The Morgan fingerprint density at radius 2 is 1.42 bits per heavy atom. The molecule has 0 saturated carbocycles. The number of hydrogen-bond acceptors (Lipinski definition) is 9. The average Bonchev–Trinajstić information content (AvgIpc) is 3.84. The summed E-state index contributed by atoms with van der Waals surface area (Å²) >= 11 is 0. The lowest BCUT2D eigenvalue weighted by atomic mass is 10.2. The summed E-state index contributed by atoms with van der Waals surface area (Å²) < 4.78 is 10.7. The predicted molar refractivity (Wildman–Crippen MR) is 183 cm³/mol. The topological polar surface area (TPSA) is 218 Å². The zero-order valence-electron chi connectivity index (χ0n) is 27.7. The molecule has 0 aliphatic rings. The van der Waals surface area contributed by atoms with Crippen LogP contribution in [0.3, 0.4) is 0 Å². The van der Waals surface area contributed by atoms with E-state index in [1.807, 2.05) is 26.0 Å². The predicted octanol–water partition coefficient (Wildman–Crippen LogP) is 4.33. The first-order valence-electron chi connectivity index (χ1n) is 15.8. The number of rotatable bonds is 12. The number of benzene rings is 2. The molecule has 50 heavy (non-hydrogen) atoms. The Labute approximate surface area is 284 Å². The van der Waals surface area contributed by atoms with Gasteiger partial charge in [0.2, 0.25) is 23.6 Å². The number of aryl methyl sites for hydroxylation is 4. The van der Waals surface area contributed by atoms with E-state index in [1.54, 1.807) is 58.0 Å². The molecule has 5 N–H and O–H groups in total. The van der Waals surface area contributed by atoms with Gasteiger partial charge >= 0.3 is 5.97 Å². The Hall–Kier alpha value is -6.58. The normalized spacial score (nSPS) is 11.5. The molecular weight excluding hydrogens is 644 g/mol. The maximum Gasteiger partial charge on any atom is 0.335 e. The Balaban J connectivity index is 1.32. The number of fused-ring (bicyclic) bond motifs is 2. The van der Waals surface area contributed by atoms with Crippen LogP contribution in [-0.2, 0) is 26.1 Å². The fourth-order valence-electron chi connectivity index (χ4n) is 5.65. The van der Waals surface area contributed by atoms with Gasteiger partial charge in [-0.2, -0.15) is 5.10 Å². The molecule has 6 aromatic rings. The summed E-state index contributed by atoms with van der Waals surface area (Å²) in [5.74, 6) is -1.78. The van der Waals surface area contributed by atoms with E-state index >= 15 is 0 Å². The first-order chi connectivity index (χ1) is 24.0. The van der Waals surface area contributed by atoms with Crippen molar-refractivity contribution in [1.29, 1.82) is 0 Å². The number of amides is 3. The Kier molecular flexibility index (Phi) is 9.00. The van der Waals surface area contributed by atoms with E-state index in [0.717, 1.165) is 0 Å². The highest BCUT2D eigenvalue weighted by Gasteiger charge is 2.22. The zero-order valence-corrected chi connectivity index (χ0v) is 27.7. The number of carbonyl (C=O) groups is 4. The summed E-state index contributed by atoms with van der Waals surface area (Å²) in [6, 6.07) is 11.1. The van der Waals surface area contributed by atoms with E-state index < -0.39 is 23.7 Å². The SMILES string of the molecule is CCc1nc(C)oc1C(=O)Nc1nc2cc(C(N)=O)ccc2n1C/C=C/Cn1c(NC(=O)c2cc(C)nn2CC)nc2cc(C(=O)O)ccc21. The van der Waals surface area contributed by atoms with Crippen LogP contribution in [0.1, 0.15) is 72.9 Å². The molecule has 0 fully saturated rings. The van der Waals surface area contributed by atoms with Gasteiger partial charge in [-0.1, -0.05) is 19.1 Å². The van der Waals surface area contributed by atoms with Crippen LogP contribution < -0.4 is 16.4 Å². The number of carboxylic acid groups (broad SMARTS) is 1. The van der Waals surface area contributed by atoms with E-state index in [-0.39, 0.29) is 41.9 Å². The minimum atomic E-state index is -1.10. The molecule has 16 heteroatoms. The van der Waals surface area contributed by atoms with Crippen LogP contribution in [-0.4, -0.2) is 62.7 Å². The smallest absolute Gasteiger partial charge is 0.335 e. The van der Waals surface area contributed by atoms with Gasteiger partial charge in [0.15, 0.2) is 5.89 Å². The molecule has 2 aromatic carbocycles. The molecule has 0 saturated heterocycles. The molecular formula is C34H34N10O6. The number of aromatic carboxylic acids is 1. The Bertz CT molecular complexity index is 2180. The van der Waals surface area contributed by atoms with E-state index in [9.17, 15) is 24.3 Å². The number of hydrogen-bond donors (Lipinski definition) is 4. The molecule has 256 valence electrons. The lowest BCUT2D eigenvalue weighted by molar-refractivity contribution is 0.0696. The Morgan fingerprint density at radius 1 is 0.840 bits per heavy atom. The largest absolute Gasteiger partial charge is 0.478 e. The number of nitrogens with two attached hydrogens (primary N) is 1. The van der Waals surface area contributed by atoms with Crippen molar-refractivity contribution < 1.29 is 28.7 Å². The number of primary amides is 1. The van der Waals surface area contributed by atoms with Gasteiger partial charge in [-0.15, -0.1) is 0 Å². The second-order valence-corrected chi connectivity index (χ2v) is 11.4. The van der Waals surface area contributed by atoms with Crippen molar-refractivity contribution in [2.45, 2.75) is 53.8 Å². The number of nitrogens with zero attached hydrogens (tertiary/aromatic N) is 7. The van der Waals surface area contributed by atoms with Gasteiger partial charge in [0, 0.05) is 32.1 Å². The standard InChI is InChI=1S/C34H34N10O6/c1-5-22-28(50-19(4)36-22)31(47)40-34-37-23-16-20(29(35)45)9-11-25(23)43(34)14-8-7-13-42-26-12-10-21(32(48)49)17-24(26)38-33(42)39-30(46)27-15-18(3)41-44(27)6-2/h7-12,15-17H,5-6,13-14H2,1-4H3,(H2,35,45)(H,48,49)(H,37,40,47)(H,38,39,46)/b8-7+.